The first-order valence-corrected chi connectivity index (χ1v) is 18.7. The highest BCUT2D eigenvalue weighted by molar-refractivity contribution is 6.99. The van der Waals surface area contributed by atoms with Crippen LogP contribution in [0.2, 0.25) is 5.04 Å². The number of rotatable bonds is 9. The van der Waals surface area contributed by atoms with Crippen molar-refractivity contribution >= 4 is 30.8 Å². The van der Waals surface area contributed by atoms with Crippen LogP contribution in [0.1, 0.15) is 62.5 Å². The van der Waals surface area contributed by atoms with Crippen molar-refractivity contribution in [3.63, 3.8) is 0 Å². The maximum atomic E-state index is 13.8. The van der Waals surface area contributed by atoms with Crippen molar-refractivity contribution in [2.75, 3.05) is 13.2 Å². The summed E-state index contributed by atoms with van der Waals surface area (Å²) in [5.41, 5.74) is 2.01. The van der Waals surface area contributed by atoms with Gasteiger partial charge in [0.25, 0.3) is 8.32 Å². The predicted octanol–water partition coefficient (Wildman–Crippen LogP) is 7.02. The number of cyclic esters (lactones) is 1. The Bertz CT molecular complexity index is 1730. The van der Waals surface area contributed by atoms with E-state index in [4.69, 9.17) is 23.4 Å². The molecular weight excluding hydrogens is 635 g/mol. The standard InChI is InChI=1S/C40H45NO7Si/c1-28-22-34(36-35(23-28)46-40(5,6)47-37(36)42)44-27-30-24-31(25-41(30)38(43)45-26-29-16-10-7-11-17-29)48-49(39(2,3)4,32-18-12-8-13-19-32)33-20-14-9-15-21-33/h7-23,30-31H,24-27H2,1-6H3/t30-,31-/m1/s1. The summed E-state index contributed by atoms with van der Waals surface area (Å²) in [7, 11) is -2.91. The molecule has 49 heavy (non-hydrogen) atoms. The molecule has 0 spiro atoms. The molecule has 0 unspecified atom stereocenters. The molecule has 256 valence electrons. The van der Waals surface area contributed by atoms with Crippen LogP contribution < -0.4 is 19.8 Å². The first kappa shape index (κ1) is 34.3. The highest BCUT2D eigenvalue weighted by Gasteiger charge is 2.53. The molecule has 0 radical (unpaired) electrons. The second-order valence-electron chi connectivity index (χ2n) is 14.3. The van der Waals surface area contributed by atoms with E-state index in [9.17, 15) is 9.59 Å². The van der Waals surface area contributed by atoms with Gasteiger partial charge < -0.3 is 23.4 Å². The van der Waals surface area contributed by atoms with Gasteiger partial charge in [0, 0.05) is 20.4 Å². The Kier molecular flexibility index (Phi) is 9.60. The average molecular weight is 680 g/mol. The number of ether oxygens (including phenoxy) is 4. The number of aryl methyl sites for hydroxylation is 1. The molecule has 2 aliphatic rings. The van der Waals surface area contributed by atoms with Crippen LogP contribution in [-0.4, -0.2) is 56.4 Å². The van der Waals surface area contributed by atoms with Crippen LogP contribution in [0.25, 0.3) is 0 Å². The van der Waals surface area contributed by atoms with Gasteiger partial charge in [0.2, 0.25) is 5.79 Å². The average Bonchev–Trinajstić information content (AvgIpc) is 3.47. The van der Waals surface area contributed by atoms with E-state index in [2.05, 4.69) is 69.3 Å². The Morgan fingerprint density at radius 3 is 2.08 bits per heavy atom. The van der Waals surface area contributed by atoms with Crippen LogP contribution >= 0.6 is 0 Å². The van der Waals surface area contributed by atoms with E-state index >= 15 is 0 Å². The second kappa shape index (κ2) is 13.7. The van der Waals surface area contributed by atoms with E-state index in [0.29, 0.717) is 24.5 Å². The summed E-state index contributed by atoms with van der Waals surface area (Å²) in [6, 6.07) is 33.8. The number of amides is 1. The highest BCUT2D eigenvalue weighted by Crippen LogP contribution is 2.41. The molecule has 4 aromatic rings. The lowest BCUT2D eigenvalue weighted by atomic mass is 10.1. The zero-order valence-corrected chi connectivity index (χ0v) is 30.1. The van der Waals surface area contributed by atoms with E-state index in [1.165, 1.54) is 10.4 Å². The molecule has 1 amide bonds. The van der Waals surface area contributed by atoms with Gasteiger partial charge in [-0.1, -0.05) is 112 Å². The maximum absolute atomic E-state index is 13.8. The largest absolute Gasteiger partial charge is 0.490 e. The summed E-state index contributed by atoms with van der Waals surface area (Å²) in [5.74, 6) is -0.843. The van der Waals surface area contributed by atoms with Gasteiger partial charge >= 0.3 is 12.1 Å². The molecule has 2 atom stereocenters. The number of carbonyl (C=O) groups excluding carboxylic acids is 2. The van der Waals surface area contributed by atoms with Crippen molar-refractivity contribution < 1.29 is 33.0 Å². The predicted molar refractivity (Wildman–Crippen MR) is 191 cm³/mol. The van der Waals surface area contributed by atoms with Gasteiger partial charge in [-0.05, 0) is 52.0 Å². The summed E-state index contributed by atoms with van der Waals surface area (Å²) in [4.78, 5) is 28.6. The molecule has 2 aliphatic heterocycles. The first-order valence-electron chi connectivity index (χ1n) is 16.8. The summed E-state index contributed by atoms with van der Waals surface area (Å²) in [6.07, 6.45) is -0.223. The molecule has 1 fully saturated rings. The summed E-state index contributed by atoms with van der Waals surface area (Å²) >= 11 is 0. The third kappa shape index (κ3) is 7.23. The van der Waals surface area contributed by atoms with E-state index in [-0.39, 0.29) is 36.0 Å². The number of likely N-dealkylation sites (tertiary alicyclic amines) is 1. The first-order chi connectivity index (χ1) is 23.4. The van der Waals surface area contributed by atoms with Crippen LogP contribution in [0.3, 0.4) is 0 Å². The quantitative estimate of drug-likeness (QED) is 0.139. The lowest BCUT2D eigenvalue weighted by Gasteiger charge is -2.44. The van der Waals surface area contributed by atoms with Gasteiger partial charge in [0.15, 0.2) is 0 Å². The minimum atomic E-state index is -2.91. The van der Waals surface area contributed by atoms with Gasteiger partial charge in [-0.3, -0.25) is 4.90 Å². The van der Waals surface area contributed by atoms with Crippen molar-refractivity contribution in [2.45, 2.75) is 77.5 Å². The lowest BCUT2D eigenvalue weighted by Crippen LogP contribution is -2.67. The van der Waals surface area contributed by atoms with Crippen LogP contribution in [0.15, 0.2) is 103 Å². The zero-order valence-electron chi connectivity index (χ0n) is 29.1. The molecule has 1 saturated heterocycles. The molecule has 6 rings (SSSR count). The fourth-order valence-corrected chi connectivity index (χ4v) is 11.6. The number of carbonyl (C=O) groups is 2. The highest BCUT2D eigenvalue weighted by atomic mass is 28.4. The van der Waals surface area contributed by atoms with Crippen LogP contribution in [0.5, 0.6) is 11.5 Å². The fraction of sp³-hybridized carbons (Fsp3) is 0.350. The zero-order chi connectivity index (χ0) is 34.8. The van der Waals surface area contributed by atoms with E-state index in [1.807, 2.05) is 49.4 Å². The Hall–Kier alpha value is -4.60. The number of benzene rings is 4. The van der Waals surface area contributed by atoms with Crippen molar-refractivity contribution in [3.8, 4) is 11.5 Å². The SMILES string of the molecule is Cc1cc(OC[C@H]2C[C@@H](O[Si](c3ccccc3)(c3ccccc3)C(C)(C)C)CN2C(=O)OCc2ccccc2)c2c(c1)OC(C)(C)OC2=O. The Morgan fingerprint density at radius 2 is 1.49 bits per heavy atom. The maximum Gasteiger partial charge on any atom is 0.410 e. The van der Waals surface area contributed by atoms with Gasteiger partial charge in [-0.25, -0.2) is 9.59 Å². The Labute approximate surface area is 290 Å². The van der Waals surface area contributed by atoms with Gasteiger partial charge in [0.1, 0.15) is 30.3 Å². The molecule has 0 aliphatic carbocycles. The lowest BCUT2D eigenvalue weighted by molar-refractivity contribution is -0.127. The normalized spacial score (nSPS) is 18.7. The number of hydrogen-bond acceptors (Lipinski definition) is 7. The smallest absolute Gasteiger partial charge is 0.410 e. The third-order valence-electron chi connectivity index (χ3n) is 9.12. The number of nitrogens with zero attached hydrogens (tertiary/aromatic N) is 1. The molecule has 2 heterocycles. The minimum absolute atomic E-state index is 0.119. The number of hydrogen-bond donors (Lipinski definition) is 0. The molecule has 0 bridgehead atoms. The van der Waals surface area contributed by atoms with Crippen LogP contribution in [-0.2, 0) is 20.5 Å². The van der Waals surface area contributed by atoms with E-state index < -0.39 is 26.2 Å². The Balaban J connectivity index is 1.32. The van der Waals surface area contributed by atoms with Crippen molar-refractivity contribution in [3.05, 3.63) is 120 Å². The van der Waals surface area contributed by atoms with Crippen molar-refractivity contribution in [1.82, 2.24) is 4.90 Å². The minimum Gasteiger partial charge on any atom is -0.490 e. The fourth-order valence-electron chi connectivity index (χ4n) is 6.95. The second-order valence-corrected chi connectivity index (χ2v) is 18.6. The molecule has 8 nitrogen and oxygen atoms in total. The summed E-state index contributed by atoms with van der Waals surface area (Å²) in [6.45, 7) is 12.6. The summed E-state index contributed by atoms with van der Waals surface area (Å²) < 4.78 is 31.2. The van der Waals surface area contributed by atoms with E-state index in [0.717, 1.165) is 11.1 Å². The number of fused-ring (bicyclic) bond motifs is 1. The molecule has 0 aromatic heterocycles. The Morgan fingerprint density at radius 1 is 0.898 bits per heavy atom. The molecule has 0 saturated carbocycles. The third-order valence-corrected chi connectivity index (χ3v) is 14.2. The monoisotopic (exact) mass is 679 g/mol. The van der Waals surface area contributed by atoms with Crippen LogP contribution in [0, 0.1) is 6.92 Å². The summed E-state index contributed by atoms with van der Waals surface area (Å²) in [5, 5.41) is 2.09. The van der Waals surface area contributed by atoms with Crippen molar-refractivity contribution in [1.29, 1.82) is 0 Å². The molecule has 9 heteroatoms. The van der Waals surface area contributed by atoms with Gasteiger partial charge in [-0.2, -0.15) is 0 Å². The topological polar surface area (TPSA) is 83.5 Å². The molecular formula is C40H45NO7Si. The molecule has 4 aromatic carbocycles. The number of esters is 1. The van der Waals surface area contributed by atoms with Crippen molar-refractivity contribution in [2.24, 2.45) is 0 Å². The molecule has 0 N–H and O–H groups in total. The van der Waals surface area contributed by atoms with Gasteiger partial charge in [-0.15, -0.1) is 0 Å². The van der Waals surface area contributed by atoms with E-state index in [1.54, 1.807) is 30.9 Å². The van der Waals surface area contributed by atoms with Gasteiger partial charge in [0.05, 0.1) is 12.1 Å². The van der Waals surface area contributed by atoms with Crippen LogP contribution in [0.4, 0.5) is 4.79 Å².